The van der Waals surface area contributed by atoms with E-state index in [9.17, 15) is 19.2 Å². The van der Waals surface area contributed by atoms with Crippen LogP contribution < -0.4 is 15.5 Å². The third kappa shape index (κ3) is 3.55. The summed E-state index contributed by atoms with van der Waals surface area (Å²) in [5.74, 6) is -0.963. The molecule has 9 nitrogen and oxygen atoms in total. The Morgan fingerprint density at radius 2 is 1.78 bits per heavy atom. The fourth-order valence-corrected chi connectivity index (χ4v) is 4.22. The Balaban J connectivity index is 1.27. The van der Waals surface area contributed by atoms with Crippen LogP contribution in [0.25, 0.3) is 0 Å². The van der Waals surface area contributed by atoms with E-state index in [0.29, 0.717) is 29.0 Å². The van der Waals surface area contributed by atoms with Gasteiger partial charge in [-0.15, -0.1) is 0 Å². The van der Waals surface area contributed by atoms with Gasteiger partial charge < -0.3 is 20.3 Å². The molecule has 2 aliphatic heterocycles. The molecular formula is C23H22N4O5. The maximum Gasteiger partial charge on any atom is 0.414 e. The number of amides is 4. The van der Waals surface area contributed by atoms with Crippen molar-refractivity contribution in [3.8, 4) is 0 Å². The van der Waals surface area contributed by atoms with E-state index in [1.165, 1.54) is 4.90 Å². The van der Waals surface area contributed by atoms with Crippen molar-refractivity contribution in [1.82, 2.24) is 10.2 Å². The van der Waals surface area contributed by atoms with Gasteiger partial charge in [-0.1, -0.05) is 30.3 Å². The molecule has 1 saturated carbocycles. The van der Waals surface area contributed by atoms with Crippen molar-refractivity contribution in [3.05, 3.63) is 59.7 Å². The number of hydrogen-bond acceptors (Lipinski definition) is 5. The second-order valence-electron chi connectivity index (χ2n) is 7.98. The Hall–Kier alpha value is -3.88. The highest BCUT2D eigenvalue weighted by molar-refractivity contribution is 6.06. The first kappa shape index (κ1) is 20.0. The van der Waals surface area contributed by atoms with Gasteiger partial charge in [0.25, 0.3) is 5.91 Å². The van der Waals surface area contributed by atoms with E-state index in [4.69, 9.17) is 4.74 Å². The van der Waals surface area contributed by atoms with Crippen LogP contribution in [0.15, 0.2) is 48.5 Å². The highest BCUT2D eigenvalue weighted by Gasteiger charge is 2.47. The lowest BCUT2D eigenvalue weighted by atomic mass is 10.0. The number of carbonyl (C=O) groups is 4. The number of nitrogens with zero attached hydrogens (tertiary/aromatic N) is 2. The predicted octanol–water partition coefficient (Wildman–Crippen LogP) is 2.06. The average molecular weight is 434 g/mol. The molecule has 1 aliphatic carbocycles. The SMILES string of the molecule is O=C(CNC(=O)C1c2ccccc2C(=O)N1C1CC1)Nc1ccccc1N1CCOC1=O. The molecule has 4 amide bonds. The van der Waals surface area contributed by atoms with Gasteiger partial charge in [-0.25, -0.2) is 4.79 Å². The molecule has 1 atom stereocenters. The van der Waals surface area contributed by atoms with Crippen LogP contribution in [0.5, 0.6) is 0 Å². The van der Waals surface area contributed by atoms with E-state index in [0.717, 1.165) is 12.8 Å². The molecule has 3 aliphatic rings. The lowest BCUT2D eigenvalue weighted by Gasteiger charge is -2.24. The summed E-state index contributed by atoms with van der Waals surface area (Å²) in [5.41, 5.74) is 2.19. The summed E-state index contributed by atoms with van der Waals surface area (Å²) in [6, 6.07) is 13.3. The Morgan fingerprint density at radius 3 is 2.53 bits per heavy atom. The standard InChI is InChI=1S/C23H22N4O5/c28-19(25-17-7-3-4-8-18(17)26-11-12-32-23(26)31)13-24-21(29)20-15-5-1-2-6-16(15)22(30)27(20)14-9-10-14/h1-8,14,20H,9-13H2,(H,24,29)(H,25,28). The van der Waals surface area contributed by atoms with Crippen LogP contribution >= 0.6 is 0 Å². The average Bonchev–Trinajstić information content (AvgIpc) is 3.48. The zero-order chi connectivity index (χ0) is 22.2. The van der Waals surface area contributed by atoms with Gasteiger partial charge in [0.1, 0.15) is 12.6 Å². The molecule has 2 aromatic rings. The Bertz CT molecular complexity index is 1110. The molecule has 2 aromatic carbocycles. The van der Waals surface area contributed by atoms with E-state index < -0.39 is 18.0 Å². The molecule has 164 valence electrons. The zero-order valence-electron chi connectivity index (χ0n) is 17.2. The number of anilines is 2. The topological polar surface area (TPSA) is 108 Å². The minimum Gasteiger partial charge on any atom is -0.447 e. The number of carbonyl (C=O) groups excluding carboxylic acids is 4. The van der Waals surface area contributed by atoms with Gasteiger partial charge in [-0.2, -0.15) is 0 Å². The van der Waals surface area contributed by atoms with Crippen molar-refractivity contribution in [2.24, 2.45) is 0 Å². The van der Waals surface area contributed by atoms with Crippen LogP contribution in [0, 0.1) is 0 Å². The van der Waals surface area contributed by atoms with Crippen molar-refractivity contribution in [3.63, 3.8) is 0 Å². The van der Waals surface area contributed by atoms with E-state index in [1.54, 1.807) is 53.4 Å². The second-order valence-corrected chi connectivity index (χ2v) is 7.98. The summed E-state index contributed by atoms with van der Waals surface area (Å²) in [4.78, 5) is 53.4. The van der Waals surface area contributed by atoms with E-state index in [-0.39, 0.29) is 31.0 Å². The smallest absolute Gasteiger partial charge is 0.414 e. The van der Waals surface area contributed by atoms with Gasteiger partial charge in [-0.05, 0) is 36.6 Å². The second kappa shape index (κ2) is 7.99. The number of para-hydroxylation sites is 2. The third-order valence-electron chi connectivity index (χ3n) is 5.84. The molecule has 0 aromatic heterocycles. The summed E-state index contributed by atoms with van der Waals surface area (Å²) < 4.78 is 4.97. The number of hydrogen-bond donors (Lipinski definition) is 2. The molecule has 2 fully saturated rings. The molecule has 1 saturated heterocycles. The van der Waals surface area contributed by atoms with Crippen molar-refractivity contribution < 1.29 is 23.9 Å². The van der Waals surface area contributed by atoms with E-state index >= 15 is 0 Å². The minimum atomic E-state index is -0.731. The quantitative estimate of drug-likeness (QED) is 0.724. The molecule has 0 spiro atoms. The maximum absolute atomic E-state index is 13.0. The number of nitrogens with one attached hydrogen (secondary N) is 2. The predicted molar refractivity (Wildman–Crippen MR) is 115 cm³/mol. The van der Waals surface area contributed by atoms with Gasteiger partial charge in [0.15, 0.2) is 0 Å². The normalized spacial score (nSPS) is 19.6. The zero-order valence-corrected chi connectivity index (χ0v) is 17.2. The van der Waals surface area contributed by atoms with Crippen LogP contribution in [0.1, 0.15) is 34.8 Å². The largest absolute Gasteiger partial charge is 0.447 e. The number of ether oxygens (including phenoxy) is 1. The number of rotatable bonds is 6. The first-order valence-corrected chi connectivity index (χ1v) is 10.6. The fraction of sp³-hybridized carbons (Fsp3) is 0.304. The van der Waals surface area contributed by atoms with Crippen molar-refractivity contribution >= 4 is 35.2 Å². The lowest BCUT2D eigenvalue weighted by molar-refractivity contribution is -0.127. The Labute approximate surface area is 184 Å². The first-order chi connectivity index (χ1) is 15.5. The molecule has 32 heavy (non-hydrogen) atoms. The van der Waals surface area contributed by atoms with Crippen LogP contribution in [0.3, 0.4) is 0 Å². The van der Waals surface area contributed by atoms with Crippen molar-refractivity contribution in [1.29, 1.82) is 0 Å². The first-order valence-electron chi connectivity index (χ1n) is 10.6. The number of cyclic esters (lactones) is 1. The summed E-state index contributed by atoms with van der Waals surface area (Å²) in [7, 11) is 0. The summed E-state index contributed by atoms with van der Waals surface area (Å²) in [6.45, 7) is 0.424. The monoisotopic (exact) mass is 434 g/mol. The molecule has 2 N–H and O–H groups in total. The molecule has 0 radical (unpaired) electrons. The summed E-state index contributed by atoms with van der Waals surface area (Å²) in [6.07, 6.45) is 1.28. The van der Waals surface area contributed by atoms with Crippen molar-refractivity contribution in [2.45, 2.75) is 24.9 Å². The molecule has 9 heteroatoms. The fourth-order valence-electron chi connectivity index (χ4n) is 4.22. The molecular weight excluding hydrogens is 412 g/mol. The highest BCUT2D eigenvalue weighted by atomic mass is 16.6. The van der Waals surface area contributed by atoms with Crippen LogP contribution in [0.4, 0.5) is 16.2 Å². The highest BCUT2D eigenvalue weighted by Crippen LogP contribution is 2.41. The lowest BCUT2D eigenvalue weighted by Crippen LogP contribution is -2.42. The van der Waals surface area contributed by atoms with Crippen LogP contribution in [0.2, 0.25) is 0 Å². The van der Waals surface area contributed by atoms with Gasteiger partial charge in [0, 0.05) is 11.6 Å². The number of benzene rings is 2. The van der Waals surface area contributed by atoms with E-state index in [2.05, 4.69) is 10.6 Å². The van der Waals surface area contributed by atoms with Gasteiger partial charge in [-0.3, -0.25) is 19.3 Å². The van der Waals surface area contributed by atoms with Crippen molar-refractivity contribution in [2.75, 3.05) is 29.9 Å². The van der Waals surface area contributed by atoms with Gasteiger partial charge >= 0.3 is 6.09 Å². The van der Waals surface area contributed by atoms with Gasteiger partial charge in [0.2, 0.25) is 11.8 Å². The third-order valence-corrected chi connectivity index (χ3v) is 5.84. The molecule has 0 bridgehead atoms. The maximum atomic E-state index is 13.0. The summed E-state index contributed by atoms with van der Waals surface area (Å²) >= 11 is 0. The molecule has 5 rings (SSSR count). The number of fused-ring (bicyclic) bond motifs is 1. The summed E-state index contributed by atoms with van der Waals surface area (Å²) in [5, 5.41) is 5.41. The Morgan fingerprint density at radius 1 is 1.03 bits per heavy atom. The molecule has 1 unspecified atom stereocenters. The Kier molecular flexibility index (Phi) is 5.01. The van der Waals surface area contributed by atoms with Crippen LogP contribution in [-0.2, 0) is 14.3 Å². The minimum absolute atomic E-state index is 0.0616. The van der Waals surface area contributed by atoms with Crippen LogP contribution in [-0.4, -0.2) is 54.5 Å². The van der Waals surface area contributed by atoms with E-state index in [1.807, 2.05) is 0 Å². The van der Waals surface area contributed by atoms with Gasteiger partial charge in [0.05, 0.1) is 24.5 Å². The molecule has 2 heterocycles.